The number of hydrogen-bond donors (Lipinski definition) is 1. The molecule has 0 aliphatic heterocycles. The molecule has 0 aliphatic rings. The van der Waals surface area contributed by atoms with Crippen LogP contribution in [0.1, 0.15) is 18.9 Å². The van der Waals surface area contributed by atoms with E-state index in [1.54, 1.807) is 0 Å². The molecule has 1 N–H and O–H groups in total. The maximum absolute atomic E-state index is 4.35. The summed E-state index contributed by atoms with van der Waals surface area (Å²) in [6, 6.07) is 10.3. The summed E-state index contributed by atoms with van der Waals surface area (Å²) in [4.78, 5) is 4.35. The lowest BCUT2D eigenvalue weighted by Gasteiger charge is -2.01. The minimum Gasteiger partial charge on any atom is -0.313 e. The molecule has 0 amide bonds. The van der Waals surface area contributed by atoms with Crippen LogP contribution in [0, 0.1) is 0 Å². The van der Waals surface area contributed by atoms with Crippen molar-refractivity contribution in [1.82, 2.24) is 10.3 Å². The van der Waals surface area contributed by atoms with Crippen LogP contribution in [-0.4, -0.2) is 18.1 Å². The first kappa shape index (κ1) is 11.8. The maximum atomic E-state index is 4.35. The fourth-order valence-corrected chi connectivity index (χ4v) is 1.81. The molecule has 0 aliphatic carbocycles. The zero-order chi connectivity index (χ0) is 11.9. The monoisotopic (exact) mass is 226 g/mol. The first-order valence-electron chi connectivity index (χ1n) is 6.13. The van der Waals surface area contributed by atoms with E-state index in [-0.39, 0.29) is 0 Å². The number of para-hydroxylation sites is 1. The molecule has 0 saturated carbocycles. The Bertz CT molecular complexity index is 498. The molecule has 0 bridgehead atoms. The standard InChI is InChI=1S/C15H18N2/c1-2-10-16-11-5-6-13-9-12-17-15-8-4-3-7-14(13)15/h3-9,12,16H,2,10-11H2,1H3. The van der Waals surface area contributed by atoms with Gasteiger partial charge < -0.3 is 5.32 Å². The lowest BCUT2D eigenvalue weighted by molar-refractivity contribution is 0.730. The zero-order valence-corrected chi connectivity index (χ0v) is 10.2. The van der Waals surface area contributed by atoms with Crippen molar-refractivity contribution in [2.24, 2.45) is 0 Å². The van der Waals surface area contributed by atoms with Gasteiger partial charge in [-0.3, -0.25) is 4.98 Å². The molecule has 0 spiro atoms. The van der Waals surface area contributed by atoms with E-state index in [0.717, 1.165) is 18.6 Å². The van der Waals surface area contributed by atoms with Gasteiger partial charge in [-0.25, -0.2) is 0 Å². The molecule has 0 unspecified atom stereocenters. The zero-order valence-electron chi connectivity index (χ0n) is 10.2. The molecule has 17 heavy (non-hydrogen) atoms. The van der Waals surface area contributed by atoms with Gasteiger partial charge in [-0.2, -0.15) is 0 Å². The van der Waals surface area contributed by atoms with Gasteiger partial charge >= 0.3 is 0 Å². The molecule has 0 fully saturated rings. The van der Waals surface area contributed by atoms with Crippen LogP contribution in [0.3, 0.4) is 0 Å². The second-order valence-corrected chi connectivity index (χ2v) is 4.02. The van der Waals surface area contributed by atoms with Crippen molar-refractivity contribution in [2.45, 2.75) is 13.3 Å². The number of benzene rings is 1. The molecular weight excluding hydrogens is 208 g/mol. The van der Waals surface area contributed by atoms with Crippen LogP contribution in [0.5, 0.6) is 0 Å². The van der Waals surface area contributed by atoms with E-state index in [2.05, 4.69) is 47.6 Å². The van der Waals surface area contributed by atoms with E-state index in [0.29, 0.717) is 0 Å². The van der Waals surface area contributed by atoms with Crippen LogP contribution < -0.4 is 5.32 Å². The molecule has 1 aromatic heterocycles. The van der Waals surface area contributed by atoms with Crippen LogP contribution in [0.2, 0.25) is 0 Å². The number of hydrogen-bond acceptors (Lipinski definition) is 2. The van der Waals surface area contributed by atoms with E-state index >= 15 is 0 Å². The highest BCUT2D eigenvalue weighted by Crippen LogP contribution is 2.16. The van der Waals surface area contributed by atoms with Gasteiger partial charge in [0.25, 0.3) is 0 Å². The Balaban J connectivity index is 2.13. The number of rotatable bonds is 5. The van der Waals surface area contributed by atoms with E-state index in [1.807, 2.05) is 18.3 Å². The van der Waals surface area contributed by atoms with Crippen molar-refractivity contribution in [3.05, 3.63) is 48.2 Å². The summed E-state index contributed by atoms with van der Waals surface area (Å²) in [5.74, 6) is 0. The summed E-state index contributed by atoms with van der Waals surface area (Å²) in [6.07, 6.45) is 7.36. The molecule has 2 heteroatoms. The van der Waals surface area contributed by atoms with Crippen LogP contribution in [0.15, 0.2) is 42.6 Å². The topological polar surface area (TPSA) is 24.9 Å². The van der Waals surface area contributed by atoms with Crippen LogP contribution >= 0.6 is 0 Å². The molecule has 0 atom stereocenters. The summed E-state index contributed by atoms with van der Waals surface area (Å²) < 4.78 is 0. The van der Waals surface area contributed by atoms with Gasteiger partial charge in [0.2, 0.25) is 0 Å². The molecule has 2 aromatic rings. The Morgan fingerprint density at radius 3 is 3.00 bits per heavy atom. The smallest absolute Gasteiger partial charge is 0.0707 e. The minimum absolute atomic E-state index is 0.921. The van der Waals surface area contributed by atoms with Crippen LogP contribution in [0.25, 0.3) is 17.0 Å². The molecular formula is C15H18N2. The third-order valence-corrected chi connectivity index (χ3v) is 2.67. The largest absolute Gasteiger partial charge is 0.313 e. The van der Waals surface area contributed by atoms with E-state index < -0.39 is 0 Å². The third kappa shape index (κ3) is 3.14. The van der Waals surface area contributed by atoms with Crippen molar-refractivity contribution in [3.63, 3.8) is 0 Å². The van der Waals surface area contributed by atoms with Crippen molar-refractivity contribution in [3.8, 4) is 0 Å². The molecule has 0 radical (unpaired) electrons. The second-order valence-electron chi connectivity index (χ2n) is 4.02. The van der Waals surface area contributed by atoms with Gasteiger partial charge in [-0.15, -0.1) is 0 Å². The highest BCUT2D eigenvalue weighted by atomic mass is 14.8. The van der Waals surface area contributed by atoms with Gasteiger partial charge in [0.15, 0.2) is 0 Å². The fraction of sp³-hybridized carbons (Fsp3) is 0.267. The van der Waals surface area contributed by atoms with E-state index in [9.17, 15) is 0 Å². The molecule has 2 rings (SSSR count). The average Bonchev–Trinajstić information content (AvgIpc) is 2.39. The quantitative estimate of drug-likeness (QED) is 0.792. The van der Waals surface area contributed by atoms with Crippen LogP contribution in [0.4, 0.5) is 0 Å². The van der Waals surface area contributed by atoms with Gasteiger partial charge in [0.05, 0.1) is 5.52 Å². The summed E-state index contributed by atoms with van der Waals surface area (Å²) in [5, 5.41) is 4.56. The fourth-order valence-electron chi connectivity index (χ4n) is 1.81. The van der Waals surface area contributed by atoms with Crippen molar-refractivity contribution < 1.29 is 0 Å². The minimum atomic E-state index is 0.921. The van der Waals surface area contributed by atoms with E-state index in [4.69, 9.17) is 0 Å². The van der Waals surface area contributed by atoms with E-state index in [1.165, 1.54) is 17.4 Å². The normalized spacial score (nSPS) is 11.4. The first-order valence-corrected chi connectivity index (χ1v) is 6.13. The Morgan fingerprint density at radius 1 is 1.24 bits per heavy atom. The van der Waals surface area contributed by atoms with Crippen molar-refractivity contribution in [2.75, 3.05) is 13.1 Å². The Labute approximate surface area is 102 Å². The predicted octanol–water partition coefficient (Wildman–Crippen LogP) is 3.25. The van der Waals surface area contributed by atoms with Gasteiger partial charge in [-0.05, 0) is 30.7 Å². The third-order valence-electron chi connectivity index (χ3n) is 2.67. The molecule has 1 aromatic carbocycles. The number of nitrogens with zero attached hydrogens (tertiary/aromatic N) is 1. The SMILES string of the molecule is CCCNCC=Cc1ccnc2ccccc12. The summed E-state index contributed by atoms with van der Waals surface area (Å²) >= 11 is 0. The summed E-state index contributed by atoms with van der Waals surface area (Å²) in [6.45, 7) is 4.17. The first-order chi connectivity index (χ1) is 8.42. The van der Waals surface area contributed by atoms with Gasteiger partial charge in [-0.1, -0.05) is 37.3 Å². The Hall–Kier alpha value is -1.67. The van der Waals surface area contributed by atoms with Crippen molar-refractivity contribution >= 4 is 17.0 Å². The summed E-state index contributed by atoms with van der Waals surface area (Å²) in [7, 11) is 0. The molecule has 88 valence electrons. The second kappa shape index (κ2) is 6.16. The Kier molecular flexibility index (Phi) is 4.28. The lowest BCUT2D eigenvalue weighted by Crippen LogP contribution is -2.13. The lowest BCUT2D eigenvalue weighted by atomic mass is 10.1. The highest BCUT2D eigenvalue weighted by molar-refractivity contribution is 5.87. The predicted molar refractivity (Wildman–Crippen MR) is 73.9 cm³/mol. The maximum Gasteiger partial charge on any atom is 0.0707 e. The highest BCUT2D eigenvalue weighted by Gasteiger charge is 1.96. The van der Waals surface area contributed by atoms with Gasteiger partial charge in [0, 0.05) is 18.1 Å². The number of aromatic nitrogens is 1. The Morgan fingerprint density at radius 2 is 2.12 bits per heavy atom. The van der Waals surface area contributed by atoms with Crippen LogP contribution in [-0.2, 0) is 0 Å². The van der Waals surface area contributed by atoms with Crippen molar-refractivity contribution in [1.29, 1.82) is 0 Å². The number of fused-ring (bicyclic) bond motifs is 1. The summed E-state index contributed by atoms with van der Waals surface area (Å²) in [5.41, 5.74) is 2.28. The average molecular weight is 226 g/mol. The number of pyridine rings is 1. The molecule has 0 saturated heterocycles. The van der Waals surface area contributed by atoms with Gasteiger partial charge in [0.1, 0.15) is 0 Å². The molecule has 1 heterocycles. The molecule has 2 nitrogen and oxygen atoms in total. The number of nitrogens with one attached hydrogen (secondary N) is 1.